The van der Waals surface area contributed by atoms with Gasteiger partial charge in [-0.15, -0.1) is 0 Å². The molecule has 146 valence electrons. The number of anilines is 2. The molecule has 5 nitrogen and oxygen atoms in total. The van der Waals surface area contributed by atoms with Crippen molar-refractivity contribution in [2.24, 2.45) is 0 Å². The van der Waals surface area contributed by atoms with Crippen LogP contribution in [-0.4, -0.2) is 54.1 Å². The monoisotopic (exact) mass is 379 g/mol. The van der Waals surface area contributed by atoms with E-state index in [9.17, 15) is 13.2 Å². The summed E-state index contributed by atoms with van der Waals surface area (Å²) in [5.41, 5.74) is 0.330. The van der Waals surface area contributed by atoms with Gasteiger partial charge in [0, 0.05) is 50.8 Å². The van der Waals surface area contributed by atoms with Gasteiger partial charge in [0.1, 0.15) is 0 Å². The Kier molecular flexibility index (Phi) is 6.49. The van der Waals surface area contributed by atoms with Crippen LogP contribution in [0.1, 0.15) is 18.4 Å². The van der Waals surface area contributed by atoms with Crippen LogP contribution in [0.3, 0.4) is 0 Å². The first-order chi connectivity index (χ1) is 13.0. The predicted octanol–water partition coefficient (Wildman–Crippen LogP) is 3.51. The lowest BCUT2D eigenvalue weighted by atomic mass is 10.2. The van der Waals surface area contributed by atoms with Gasteiger partial charge in [-0.2, -0.15) is 13.2 Å². The fraction of sp³-hybridized carbons (Fsp3) is 0.474. The molecular weight excluding hydrogens is 355 g/mol. The summed E-state index contributed by atoms with van der Waals surface area (Å²) >= 11 is 0. The average molecular weight is 379 g/mol. The summed E-state index contributed by atoms with van der Waals surface area (Å²) in [5, 5.41) is 3.40. The number of rotatable bonds is 7. The third-order valence-corrected chi connectivity index (χ3v) is 4.62. The van der Waals surface area contributed by atoms with E-state index >= 15 is 0 Å². The summed E-state index contributed by atoms with van der Waals surface area (Å²) in [4.78, 5) is 12.1. The zero-order valence-corrected chi connectivity index (χ0v) is 15.1. The standard InChI is InChI=1S/C19H24F3N5/c20-19(21,22)16-14-24-18(25-15-16)27-12-10-26(11-13-27)9-5-4-8-23-17-6-2-1-3-7-17/h1-3,6-7,14-15,23H,4-5,8-13H2. The Balaban J connectivity index is 1.34. The topological polar surface area (TPSA) is 44.3 Å². The molecule has 1 aromatic heterocycles. The van der Waals surface area contributed by atoms with Crippen LogP contribution < -0.4 is 10.2 Å². The number of piperazine rings is 1. The zero-order valence-electron chi connectivity index (χ0n) is 15.1. The van der Waals surface area contributed by atoms with Gasteiger partial charge in [0.25, 0.3) is 0 Å². The molecule has 0 unspecified atom stereocenters. The molecule has 1 saturated heterocycles. The first-order valence-corrected chi connectivity index (χ1v) is 9.18. The quantitative estimate of drug-likeness (QED) is 0.746. The van der Waals surface area contributed by atoms with Crippen molar-refractivity contribution in [2.75, 3.05) is 49.5 Å². The first-order valence-electron chi connectivity index (χ1n) is 9.18. The molecule has 0 amide bonds. The second kappa shape index (κ2) is 9.03. The van der Waals surface area contributed by atoms with Gasteiger partial charge in [-0.25, -0.2) is 9.97 Å². The Labute approximate surface area is 157 Å². The molecule has 0 radical (unpaired) electrons. The average Bonchev–Trinajstić information content (AvgIpc) is 2.68. The van der Waals surface area contributed by atoms with Crippen molar-refractivity contribution in [3.05, 3.63) is 48.3 Å². The number of halogens is 3. The molecule has 3 rings (SSSR count). The molecule has 0 bridgehead atoms. The van der Waals surface area contributed by atoms with Crippen molar-refractivity contribution >= 4 is 11.6 Å². The molecule has 27 heavy (non-hydrogen) atoms. The van der Waals surface area contributed by atoms with Crippen LogP contribution in [0.4, 0.5) is 24.8 Å². The summed E-state index contributed by atoms with van der Waals surface area (Å²) in [7, 11) is 0. The molecule has 0 spiro atoms. The van der Waals surface area contributed by atoms with Gasteiger partial charge < -0.3 is 10.2 Å². The van der Waals surface area contributed by atoms with Crippen LogP contribution in [0.5, 0.6) is 0 Å². The highest BCUT2D eigenvalue weighted by atomic mass is 19.4. The van der Waals surface area contributed by atoms with Gasteiger partial charge in [-0.05, 0) is 31.5 Å². The Morgan fingerprint density at radius 1 is 0.926 bits per heavy atom. The maximum atomic E-state index is 12.6. The lowest BCUT2D eigenvalue weighted by Gasteiger charge is -2.34. The molecule has 1 aromatic carbocycles. The van der Waals surface area contributed by atoms with Gasteiger partial charge in [-0.3, -0.25) is 4.90 Å². The zero-order chi connectivity index (χ0) is 19.1. The van der Waals surface area contributed by atoms with Crippen LogP contribution in [-0.2, 0) is 6.18 Å². The molecule has 0 atom stereocenters. The molecule has 0 saturated carbocycles. The van der Waals surface area contributed by atoms with Crippen molar-refractivity contribution in [1.82, 2.24) is 14.9 Å². The minimum atomic E-state index is -4.40. The lowest BCUT2D eigenvalue weighted by molar-refractivity contribution is -0.138. The molecule has 0 aliphatic carbocycles. The number of alkyl halides is 3. The van der Waals surface area contributed by atoms with Crippen molar-refractivity contribution < 1.29 is 13.2 Å². The van der Waals surface area contributed by atoms with E-state index in [1.807, 2.05) is 23.1 Å². The number of benzene rings is 1. The van der Waals surface area contributed by atoms with E-state index in [2.05, 4.69) is 32.3 Å². The molecule has 1 aliphatic rings. The number of aromatic nitrogens is 2. The minimum absolute atomic E-state index is 0.370. The molecule has 1 fully saturated rings. The van der Waals surface area contributed by atoms with Gasteiger partial charge in [0.15, 0.2) is 0 Å². The van der Waals surface area contributed by atoms with Crippen LogP contribution in [0.2, 0.25) is 0 Å². The Morgan fingerprint density at radius 2 is 1.59 bits per heavy atom. The van der Waals surface area contributed by atoms with Gasteiger partial charge in [0.05, 0.1) is 5.56 Å². The summed E-state index contributed by atoms with van der Waals surface area (Å²) in [6.45, 7) is 5.18. The van der Waals surface area contributed by atoms with Gasteiger partial charge in [0.2, 0.25) is 5.95 Å². The molecule has 1 aliphatic heterocycles. The second-order valence-electron chi connectivity index (χ2n) is 6.60. The second-order valence-corrected chi connectivity index (χ2v) is 6.60. The van der Waals surface area contributed by atoms with E-state index < -0.39 is 11.7 Å². The van der Waals surface area contributed by atoms with Crippen molar-refractivity contribution in [2.45, 2.75) is 19.0 Å². The first kappa shape index (κ1) is 19.4. The smallest absolute Gasteiger partial charge is 0.385 e. The number of nitrogens with zero attached hydrogens (tertiary/aromatic N) is 4. The molecule has 1 N–H and O–H groups in total. The summed E-state index contributed by atoms with van der Waals surface area (Å²) in [6, 6.07) is 10.1. The highest BCUT2D eigenvalue weighted by Crippen LogP contribution is 2.28. The van der Waals surface area contributed by atoms with Crippen molar-refractivity contribution in [3.8, 4) is 0 Å². The van der Waals surface area contributed by atoms with E-state index in [0.29, 0.717) is 5.95 Å². The van der Waals surface area contributed by atoms with Crippen molar-refractivity contribution in [1.29, 1.82) is 0 Å². The Morgan fingerprint density at radius 3 is 2.22 bits per heavy atom. The predicted molar refractivity (Wildman–Crippen MR) is 99.9 cm³/mol. The van der Waals surface area contributed by atoms with E-state index in [1.54, 1.807) is 0 Å². The molecule has 2 heterocycles. The molecule has 2 aromatic rings. The Hall–Kier alpha value is -2.35. The normalized spacial score (nSPS) is 15.7. The van der Waals surface area contributed by atoms with Crippen molar-refractivity contribution in [3.63, 3.8) is 0 Å². The SMILES string of the molecule is FC(F)(F)c1cnc(N2CCN(CCCCNc3ccccc3)CC2)nc1. The number of hydrogen-bond acceptors (Lipinski definition) is 5. The summed E-state index contributed by atoms with van der Waals surface area (Å²) < 4.78 is 37.7. The highest BCUT2D eigenvalue weighted by molar-refractivity contribution is 5.42. The number of unbranched alkanes of at least 4 members (excludes halogenated alkanes) is 1. The van der Waals surface area contributed by atoms with Crippen LogP contribution in [0, 0.1) is 0 Å². The fourth-order valence-corrected chi connectivity index (χ4v) is 3.05. The number of nitrogens with one attached hydrogen (secondary N) is 1. The maximum Gasteiger partial charge on any atom is 0.419 e. The maximum absolute atomic E-state index is 12.6. The number of para-hydroxylation sites is 1. The van der Waals surface area contributed by atoms with E-state index in [0.717, 1.165) is 70.2 Å². The Bertz CT molecular complexity index is 683. The van der Waals surface area contributed by atoms with Gasteiger partial charge >= 0.3 is 6.18 Å². The van der Waals surface area contributed by atoms with E-state index in [1.165, 1.54) is 0 Å². The van der Waals surface area contributed by atoms with E-state index in [-0.39, 0.29) is 0 Å². The van der Waals surface area contributed by atoms with Gasteiger partial charge in [-0.1, -0.05) is 18.2 Å². The van der Waals surface area contributed by atoms with Crippen LogP contribution in [0.15, 0.2) is 42.7 Å². The van der Waals surface area contributed by atoms with Crippen LogP contribution in [0.25, 0.3) is 0 Å². The molecule has 8 heteroatoms. The largest absolute Gasteiger partial charge is 0.419 e. The van der Waals surface area contributed by atoms with E-state index in [4.69, 9.17) is 0 Å². The third-order valence-electron chi connectivity index (χ3n) is 4.62. The summed E-state index contributed by atoms with van der Waals surface area (Å²) in [6.07, 6.45) is -0.483. The lowest BCUT2D eigenvalue weighted by Crippen LogP contribution is -2.47. The van der Waals surface area contributed by atoms with Crippen LogP contribution >= 0.6 is 0 Å². The third kappa shape index (κ3) is 5.82. The highest BCUT2D eigenvalue weighted by Gasteiger charge is 2.31. The molecular formula is C19H24F3N5. The summed E-state index contributed by atoms with van der Waals surface area (Å²) in [5.74, 6) is 0.370. The number of hydrogen-bond donors (Lipinski definition) is 1. The fourth-order valence-electron chi connectivity index (χ4n) is 3.05. The minimum Gasteiger partial charge on any atom is -0.385 e.